The Morgan fingerprint density at radius 3 is 2.65 bits per heavy atom. The Labute approximate surface area is 121 Å². The predicted molar refractivity (Wildman–Crippen MR) is 74.8 cm³/mol. The molecule has 1 unspecified atom stereocenters. The van der Waals surface area contributed by atoms with E-state index in [1.165, 1.54) is 6.08 Å². The van der Waals surface area contributed by atoms with Crippen LogP contribution in [0.2, 0.25) is 5.02 Å². The second kappa shape index (κ2) is 6.34. The van der Waals surface area contributed by atoms with Crippen molar-refractivity contribution < 1.29 is 14.4 Å². The maximum atomic E-state index is 11.7. The molecular formula is C14H13ClN2O3. The monoisotopic (exact) mass is 292 g/mol. The summed E-state index contributed by atoms with van der Waals surface area (Å²) in [6.07, 6.45) is 3.52. The highest BCUT2D eigenvalue weighted by atomic mass is 35.5. The average molecular weight is 293 g/mol. The van der Waals surface area contributed by atoms with Crippen LogP contribution in [0.25, 0.3) is 6.08 Å². The van der Waals surface area contributed by atoms with Crippen LogP contribution < -0.4 is 10.6 Å². The molecule has 0 aliphatic carbocycles. The van der Waals surface area contributed by atoms with E-state index in [1.54, 1.807) is 30.3 Å². The van der Waals surface area contributed by atoms with Gasteiger partial charge < -0.3 is 5.32 Å². The zero-order valence-electron chi connectivity index (χ0n) is 10.6. The SMILES string of the molecule is O=C(C=Cc1ccc(Cl)cc1)NC1CCC(=O)NC1=O. The van der Waals surface area contributed by atoms with E-state index < -0.39 is 11.9 Å². The van der Waals surface area contributed by atoms with Gasteiger partial charge in [-0.2, -0.15) is 0 Å². The fourth-order valence-corrected chi connectivity index (χ4v) is 1.92. The summed E-state index contributed by atoms with van der Waals surface area (Å²) in [7, 11) is 0. The maximum Gasteiger partial charge on any atom is 0.249 e. The van der Waals surface area contributed by atoms with Crippen molar-refractivity contribution in [3.8, 4) is 0 Å². The molecule has 0 saturated carbocycles. The number of carbonyl (C=O) groups is 3. The van der Waals surface area contributed by atoms with E-state index in [4.69, 9.17) is 11.6 Å². The van der Waals surface area contributed by atoms with Crippen molar-refractivity contribution in [3.05, 3.63) is 40.9 Å². The molecule has 0 aromatic heterocycles. The molecule has 104 valence electrons. The van der Waals surface area contributed by atoms with Crippen molar-refractivity contribution in [3.63, 3.8) is 0 Å². The summed E-state index contributed by atoms with van der Waals surface area (Å²) in [5.41, 5.74) is 0.827. The van der Waals surface area contributed by atoms with Gasteiger partial charge in [-0.05, 0) is 30.2 Å². The minimum absolute atomic E-state index is 0.234. The molecule has 0 radical (unpaired) electrons. The van der Waals surface area contributed by atoms with Crippen LogP contribution in [0.5, 0.6) is 0 Å². The van der Waals surface area contributed by atoms with Gasteiger partial charge in [0.05, 0.1) is 0 Å². The van der Waals surface area contributed by atoms with E-state index >= 15 is 0 Å². The van der Waals surface area contributed by atoms with Crippen molar-refractivity contribution in [2.45, 2.75) is 18.9 Å². The summed E-state index contributed by atoms with van der Waals surface area (Å²) in [5, 5.41) is 5.36. The molecule has 1 saturated heterocycles. The highest BCUT2D eigenvalue weighted by Gasteiger charge is 2.27. The highest BCUT2D eigenvalue weighted by molar-refractivity contribution is 6.30. The molecule has 2 rings (SSSR count). The van der Waals surface area contributed by atoms with Gasteiger partial charge in [-0.1, -0.05) is 23.7 Å². The molecule has 1 aliphatic heterocycles. The van der Waals surface area contributed by atoms with Gasteiger partial charge in [0.1, 0.15) is 6.04 Å². The molecule has 1 heterocycles. The van der Waals surface area contributed by atoms with Crippen LogP contribution in [-0.4, -0.2) is 23.8 Å². The first kappa shape index (κ1) is 14.3. The largest absolute Gasteiger partial charge is 0.341 e. The quantitative estimate of drug-likeness (QED) is 0.651. The van der Waals surface area contributed by atoms with Crippen molar-refractivity contribution in [1.82, 2.24) is 10.6 Å². The van der Waals surface area contributed by atoms with Gasteiger partial charge in [0, 0.05) is 17.5 Å². The first-order chi connectivity index (χ1) is 9.54. The predicted octanol–water partition coefficient (Wildman–Crippen LogP) is 1.27. The number of carbonyl (C=O) groups excluding carboxylic acids is 3. The summed E-state index contributed by atoms with van der Waals surface area (Å²) in [6.45, 7) is 0. The van der Waals surface area contributed by atoms with Gasteiger partial charge in [-0.25, -0.2) is 0 Å². The number of piperidine rings is 1. The van der Waals surface area contributed by atoms with Gasteiger partial charge in [0.25, 0.3) is 0 Å². The summed E-state index contributed by atoms with van der Waals surface area (Å²) >= 11 is 5.76. The van der Waals surface area contributed by atoms with Crippen LogP contribution in [0.4, 0.5) is 0 Å². The van der Waals surface area contributed by atoms with Crippen molar-refractivity contribution >= 4 is 35.4 Å². The molecule has 0 spiro atoms. The molecule has 0 bridgehead atoms. The van der Waals surface area contributed by atoms with Crippen LogP contribution >= 0.6 is 11.6 Å². The van der Waals surface area contributed by atoms with E-state index in [0.717, 1.165) is 5.56 Å². The number of rotatable bonds is 3. The number of nitrogens with one attached hydrogen (secondary N) is 2. The minimum Gasteiger partial charge on any atom is -0.341 e. The highest BCUT2D eigenvalue weighted by Crippen LogP contribution is 2.10. The normalized spacial score (nSPS) is 18.9. The Morgan fingerprint density at radius 1 is 1.30 bits per heavy atom. The summed E-state index contributed by atoms with van der Waals surface area (Å²) in [6, 6.07) is 6.34. The lowest BCUT2D eigenvalue weighted by Crippen LogP contribution is -2.51. The van der Waals surface area contributed by atoms with Gasteiger partial charge in [-0.3, -0.25) is 19.7 Å². The zero-order valence-corrected chi connectivity index (χ0v) is 11.3. The third kappa shape index (κ3) is 3.93. The van der Waals surface area contributed by atoms with Crippen molar-refractivity contribution in [2.24, 2.45) is 0 Å². The lowest BCUT2D eigenvalue weighted by molar-refractivity contribution is -0.136. The topological polar surface area (TPSA) is 75.3 Å². The molecule has 1 aromatic rings. The number of hydrogen-bond acceptors (Lipinski definition) is 3. The fraction of sp³-hybridized carbons (Fsp3) is 0.214. The van der Waals surface area contributed by atoms with E-state index in [0.29, 0.717) is 11.4 Å². The molecule has 1 aromatic carbocycles. The number of benzene rings is 1. The summed E-state index contributed by atoms with van der Waals surface area (Å²) in [4.78, 5) is 34.1. The molecule has 20 heavy (non-hydrogen) atoms. The molecule has 6 heteroatoms. The fourth-order valence-electron chi connectivity index (χ4n) is 1.80. The van der Waals surface area contributed by atoms with Crippen molar-refractivity contribution in [1.29, 1.82) is 0 Å². The number of halogens is 1. The lowest BCUT2D eigenvalue weighted by atomic mass is 10.1. The maximum absolute atomic E-state index is 11.7. The Balaban J connectivity index is 1.90. The Morgan fingerprint density at radius 2 is 2.00 bits per heavy atom. The molecule has 3 amide bonds. The van der Waals surface area contributed by atoms with Crippen LogP contribution in [-0.2, 0) is 14.4 Å². The van der Waals surface area contributed by atoms with Gasteiger partial charge in [0.2, 0.25) is 17.7 Å². The van der Waals surface area contributed by atoms with Gasteiger partial charge >= 0.3 is 0 Å². The Kier molecular flexibility index (Phi) is 4.53. The van der Waals surface area contributed by atoms with Crippen LogP contribution in [0.1, 0.15) is 18.4 Å². The molecule has 1 aliphatic rings. The standard InChI is InChI=1S/C14H13ClN2O3/c15-10-4-1-9(2-5-10)3-7-12(18)16-11-6-8-13(19)17-14(11)20/h1-5,7,11H,6,8H2,(H,16,18)(H,17,19,20). The van der Waals surface area contributed by atoms with E-state index in [9.17, 15) is 14.4 Å². The van der Waals surface area contributed by atoms with Gasteiger partial charge in [-0.15, -0.1) is 0 Å². The lowest BCUT2D eigenvalue weighted by Gasteiger charge is -2.20. The van der Waals surface area contributed by atoms with E-state index in [1.807, 2.05) is 0 Å². The zero-order chi connectivity index (χ0) is 14.5. The second-order valence-corrected chi connectivity index (χ2v) is 4.83. The molecule has 5 nitrogen and oxygen atoms in total. The van der Waals surface area contributed by atoms with E-state index in [-0.39, 0.29) is 18.2 Å². The van der Waals surface area contributed by atoms with Gasteiger partial charge in [0.15, 0.2) is 0 Å². The average Bonchev–Trinajstić information content (AvgIpc) is 2.41. The summed E-state index contributed by atoms with van der Waals surface area (Å²) < 4.78 is 0. The first-order valence-electron chi connectivity index (χ1n) is 6.12. The third-order valence-corrected chi connectivity index (χ3v) is 3.10. The van der Waals surface area contributed by atoms with Crippen LogP contribution in [0, 0.1) is 0 Å². The van der Waals surface area contributed by atoms with Crippen LogP contribution in [0.15, 0.2) is 30.3 Å². The molecule has 1 atom stereocenters. The number of hydrogen-bond donors (Lipinski definition) is 2. The van der Waals surface area contributed by atoms with Crippen molar-refractivity contribution in [2.75, 3.05) is 0 Å². The molecule has 1 fully saturated rings. The molecule has 2 N–H and O–H groups in total. The van der Waals surface area contributed by atoms with E-state index in [2.05, 4.69) is 10.6 Å². The number of imide groups is 1. The Bertz CT molecular complexity index is 566. The smallest absolute Gasteiger partial charge is 0.249 e. The summed E-state index contributed by atoms with van der Waals surface area (Å²) in [5.74, 6) is -1.15. The minimum atomic E-state index is -0.657. The Hall–Kier alpha value is -2.14. The number of amides is 3. The first-order valence-corrected chi connectivity index (χ1v) is 6.50. The third-order valence-electron chi connectivity index (χ3n) is 2.85. The van der Waals surface area contributed by atoms with Crippen LogP contribution in [0.3, 0.4) is 0 Å². The second-order valence-electron chi connectivity index (χ2n) is 4.40. The molecular weight excluding hydrogens is 280 g/mol.